The Balaban J connectivity index is 0.000000192. The predicted octanol–water partition coefficient (Wildman–Crippen LogP) is -3.94. The minimum absolute atomic E-state index is 0.0415. The third-order valence-corrected chi connectivity index (χ3v) is 22.8. The van der Waals surface area contributed by atoms with Crippen LogP contribution in [0.15, 0.2) is 78.0 Å². The number of fused-ring (bicyclic) bond motifs is 6. The van der Waals surface area contributed by atoms with Gasteiger partial charge in [-0.2, -0.15) is 16.9 Å². The van der Waals surface area contributed by atoms with Gasteiger partial charge in [-0.15, -0.1) is 0 Å². The highest BCUT2D eigenvalue weighted by molar-refractivity contribution is 8.00. The Hall–Kier alpha value is -12.3. The minimum atomic E-state index is -2.37. The Kier molecular flexibility index (Phi) is 27.9. The van der Waals surface area contributed by atoms with E-state index in [1.807, 2.05) is 5.43 Å². The van der Waals surface area contributed by atoms with E-state index in [0.29, 0.717) is 4.90 Å². The van der Waals surface area contributed by atoms with Crippen LogP contribution in [0.1, 0.15) is 144 Å². The fourth-order valence-electron chi connectivity index (χ4n) is 15.5. The molecule has 3 fully saturated rings. The van der Waals surface area contributed by atoms with E-state index >= 15 is 0 Å². The summed E-state index contributed by atoms with van der Waals surface area (Å²) in [5, 5.41) is 117. The number of amides is 11. The number of aromatic hydroxyl groups is 4. The molecule has 124 heavy (non-hydrogen) atoms. The molecule has 43 nitrogen and oxygen atoms in total. The topological polar surface area (TPSA) is 661 Å². The molecule has 13 atom stereocenters. The first-order valence-electron chi connectivity index (χ1n) is 37.6. The van der Waals surface area contributed by atoms with Crippen molar-refractivity contribution in [2.24, 2.45) is 16.7 Å². The zero-order chi connectivity index (χ0) is 90.9. The Morgan fingerprint density at radius 2 is 0.984 bits per heavy atom. The van der Waals surface area contributed by atoms with E-state index in [-0.39, 0.29) is 88.4 Å². The molecule has 6 heterocycles. The number of imide groups is 4. The standard InChI is InChI=1S/C34H38N4O13S.C33H32N2O14.C6H4ClNO3.C6H7N3O3/c1-13-28(42)16(35)7-23(50-13)51-18-10-34(48,20(12-39)36-37-21(40)11-38-22(41)8-19(52-3)33(38)47)9-15-25(18)32(46)27-26(30(15)44)29(43)14-5-4-6-17(49-2)24(14)31(27)45;1-13-28(41)16(34-20(38)11-35-21(39)6-7-22(35)40)8-23(48-13)49-18-10-33(46,19(37)12-36)9-15-25(18)32(45)27-26(30(15)43)29(42)14-4-3-5-17(47-2)24(14)31(27)44;7-4(9)3-8-5(10)1-2-6(8)11;7-8-4(10)3-9-5(11)1-2-6(9)12/h4-6,13,16,18-19,23,28,39,42,44,46,48H,7-12,35H2,1-3H3,(H,37,40);3-7,13,16,18,23,28,36,41,43,45-46H,8-12H2,1-2H3,(H,34,38);1-2H,3H2;1-2H,3,7H2,(H,8,10)/b36-20+;;;/t13?,16?,18-,19?,23?,28?,34-;13?,16?,18-,23?,28?,33-;;/m00../s1. The normalized spacial score (nSPS) is 25.9. The number of halogens is 1. The molecule has 17 N–H and O–H groups in total. The molecule has 14 rings (SSSR count). The summed E-state index contributed by atoms with van der Waals surface area (Å²) in [6.45, 7) is -1.01. The molecule has 6 aliphatic heterocycles. The third kappa shape index (κ3) is 18.1. The van der Waals surface area contributed by atoms with E-state index < -0.39 is 280 Å². The first kappa shape index (κ1) is 92.4. The first-order chi connectivity index (χ1) is 58.6. The van der Waals surface area contributed by atoms with Gasteiger partial charge >= 0.3 is 0 Å². The van der Waals surface area contributed by atoms with E-state index in [2.05, 4.69) is 15.8 Å². The number of nitrogens with one attached hydrogen (secondary N) is 3. The average molecular weight is 1770 g/mol. The number of Topliss-reactive ketones (excluding diaryl/α,β-unsaturated/α-hetero) is 1. The van der Waals surface area contributed by atoms with Crippen LogP contribution in [-0.4, -0.2) is 301 Å². The second kappa shape index (κ2) is 37.4. The number of hydrogen-bond acceptors (Lipinski definition) is 37. The molecular weight excluding hydrogens is 1680 g/mol. The number of hydrogen-bond donors (Lipinski definition) is 15. The molecule has 3 saturated heterocycles. The van der Waals surface area contributed by atoms with Crippen molar-refractivity contribution in [3.63, 3.8) is 0 Å². The predicted molar refractivity (Wildman–Crippen MR) is 417 cm³/mol. The van der Waals surface area contributed by atoms with Crippen LogP contribution in [0.2, 0.25) is 0 Å². The lowest BCUT2D eigenvalue weighted by atomic mass is 9.71. The summed E-state index contributed by atoms with van der Waals surface area (Å²) in [5.41, 5.74) is 1.49. The molecular formula is C79H81ClN10O33S. The molecule has 4 aromatic carbocycles. The number of carbonyl (C=O) groups is 17. The number of nitrogens with zero attached hydrogens (tertiary/aromatic N) is 5. The number of likely N-dealkylation sites (tertiary alicyclic amines) is 1. The fraction of sp³-hybridized carbons (Fsp3) is 0.392. The summed E-state index contributed by atoms with van der Waals surface area (Å²) < 4.78 is 34.6. The first-order valence-corrected chi connectivity index (χ1v) is 39.3. The van der Waals surface area contributed by atoms with Crippen molar-refractivity contribution in [3.05, 3.63) is 140 Å². The molecule has 0 bridgehead atoms. The third-order valence-electron chi connectivity index (χ3n) is 21.8. The van der Waals surface area contributed by atoms with Crippen LogP contribution in [-0.2, 0) is 94.1 Å². The maximum Gasteiger partial charge on any atom is 0.260 e. The number of hydrazone groups is 1. The summed E-state index contributed by atoms with van der Waals surface area (Å²) in [6.07, 6.45) is -4.17. The van der Waals surface area contributed by atoms with Gasteiger partial charge in [0.25, 0.3) is 47.3 Å². The number of aliphatic hydroxyl groups excluding tert-OH is 4. The maximum atomic E-state index is 13.9. The highest BCUT2D eigenvalue weighted by Crippen LogP contribution is 2.55. The number of thioether (sulfide) groups is 1. The lowest BCUT2D eigenvalue weighted by Crippen LogP contribution is -2.57. The monoisotopic (exact) mass is 1760 g/mol. The number of ketones is 5. The Labute approximate surface area is 709 Å². The zero-order valence-electron chi connectivity index (χ0n) is 66.0. The molecule has 0 radical (unpaired) electrons. The number of ether oxygens (including phenoxy) is 6. The van der Waals surface area contributed by atoms with Crippen molar-refractivity contribution >= 4 is 128 Å². The van der Waals surface area contributed by atoms with Crippen molar-refractivity contribution in [2.75, 3.05) is 59.9 Å². The summed E-state index contributed by atoms with van der Waals surface area (Å²) in [6, 6.07) is 6.71. The van der Waals surface area contributed by atoms with Gasteiger partial charge in [0.05, 0.1) is 102 Å². The second-order valence-corrected chi connectivity index (χ2v) is 30.9. The van der Waals surface area contributed by atoms with Crippen LogP contribution in [0.3, 0.4) is 0 Å². The van der Waals surface area contributed by atoms with Gasteiger partial charge in [0.1, 0.15) is 84.6 Å². The highest BCUT2D eigenvalue weighted by atomic mass is 35.5. The molecule has 4 aliphatic carbocycles. The molecule has 0 saturated carbocycles. The lowest BCUT2D eigenvalue weighted by Gasteiger charge is -2.43. The fourth-order valence-corrected chi connectivity index (χ4v) is 16.3. The van der Waals surface area contributed by atoms with Gasteiger partial charge in [0.15, 0.2) is 29.9 Å². The number of benzene rings is 4. The summed E-state index contributed by atoms with van der Waals surface area (Å²) in [4.78, 5) is 209. The van der Waals surface area contributed by atoms with Crippen molar-refractivity contribution in [1.82, 2.24) is 35.8 Å². The van der Waals surface area contributed by atoms with Crippen molar-refractivity contribution in [3.8, 4) is 34.5 Å². The molecule has 10 aliphatic rings. The molecule has 4 aromatic rings. The smallest absolute Gasteiger partial charge is 0.260 e. The van der Waals surface area contributed by atoms with E-state index in [1.165, 1.54) is 69.3 Å². The number of aliphatic hydroxyl groups is 6. The van der Waals surface area contributed by atoms with E-state index in [9.17, 15) is 133 Å². The number of carbonyl (C=O) groups excluding carboxylic acids is 17. The average Bonchev–Trinajstić information content (AvgIpc) is 0.791. The van der Waals surface area contributed by atoms with Gasteiger partial charge < -0.3 is 90.5 Å². The Bertz CT molecular complexity index is 5300. The molecule has 11 amide bonds. The van der Waals surface area contributed by atoms with Crippen LogP contribution in [0, 0.1) is 0 Å². The van der Waals surface area contributed by atoms with E-state index in [4.69, 9.17) is 51.6 Å². The summed E-state index contributed by atoms with van der Waals surface area (Å²) in [7, 11) is 2.59. The van der Waals surface area contributed by atoms with Crippen molar-refractivity contribution < 1.29 is 161 Å². The van der Waals surface area contributed by atoms with Gasteiger partial charge in [-0.1, -0.05) is 24.3 Å². The quantitative estimate of drug-likeness (QED) is 0.00622. The van der Waals surface area contributed by atoms with Gasteiger partial charge in [-0.25, -0.2) is 11.3 Å². The number of phenolic OH excluding ortho intramolecular Hbond substituents is 4. The van der Waals surface area contributed by atoms with Gasteiger partial charge in [0.2, 0.25) is 34.5 Å². The van der Waals surface area contributed by atoms with Gasteiger partial charge in [-0.05, 0) is 43.8 Å². The summed E-state index contributed by atoms with van der Waals surface area (Å²) >= 11 is 6.15. The molecule has 0 aromatic heterocycles. The van der Waals surface area contributed by atoms with Gasteiger partial charge in [0, 0.05) is 121 Å². The molecule has 658 valence electrons. The lowest BCUT2D eigenvalue weighted by molar-refractivity contribution is -0.249. The number of rotatable bonds is 21. The van der Waals surface area contributed by atoms with Crippen LogP contribution in [0.4, 0.5) is 0 Å². The number of phenols is 4. The molecule has 9 unspecified atom stereocenters. The van der Waals surface area contributed by atoms with Crippen molar-refractivity contribution in [1.29, 1.82) is 0 Å². The highest BCUT2D eigenvalue weighted by Gasteiger charge is 2.54. The zero-order valence-corrected chi connectivity index (χ0v) is 67.6. The number of methoxy groups -OCH3 is 2. The van der Waals surface area contributed by atoms with Crippen LogP contribution in [0.5, 0.6) is 34.5 Å². The maximum absolute atomic E-state index is 13.9. The Morgan fingerprint density at radius 3 is 1.40 bits per heavy atom. The summed E-state index contributed by atoms with van der Waals surface area (Å²) in [5.74, 6) is -9.20. The number of hydrazine groups is 1. The second-order valence-electron chi connectivity index (χ2n) is 29.5. The van der Waals surface area contributed by atoms with Crippen LogP contribution in [0.25, 0.3) is 0 Å². The van der Waals surface area contributed by atoms with E-state index in [0.717, 1.165) is 51.2 Å². The number of nitrogens with two attached hydrogens (primary N) is 2. The largest absolute Gasteiger partial charge is 0.507 e. The Morgan fingerprint density at radius 1 is 0.565 bits per heavy atom. The molecule has 45 heteroatoms. The van der Waals surface area contributed by atoms with Crippen LogP contribution >= 0.6 is 23.4 Å². The van der Waals surface area contributed by atoms with Crippen LogP contribution < -0.4 is 37.2 Å². The van der Waals surface area contributed by atoms with E-state index in [1.54, 1.807) is 13.2 Å². The van der Waals surface area contributed by atoms with Crippen molar-refractivity contribution in [2.45, 2.75) is 137 Å². The van der Waals surface area contributed by atoms with Gasteiger partial charge in [-0.3, -0.25) is 107 Å². The minimum Gasteiger partial charge on any atom is -0.507 e. The SMILES string of the molecule is COc1cccc2c1C(=O)c1c(O)c3c(c(O)c1C2=O)C[C@@](O)(/C(CO)=N/NC(=O)CN1C(=O)CC(SC)C1=O)C[C@@H]3OC1CC(N)C(O)C(C)O1.COc1cccc2c1C(=O)c1c(O)c3c(c(O)c1C2=O)C[C@@](O)(C(=O)CO)C[C@@H]3OC1CC(NC(=O)CN2C(=O)C=CC2=O)C(O)C(C)O1.NNC(=O)CN1C(=O)C=CC1=O.O=C(Cl)CN1C(=O)C=CC1=O. The molecule has 0 spiro atoms.